The number of ether oxygens (including phenoxy) is 3. The lowest BCUT2D eigenvalue weighted by Gasteiger charge is -2.46. The van der Waals surface area contributed by atoms with E-state index in [0.717, 1.165) is 44.0 Å². The van der Waals surface area contributed by atoms with Crippen LogP contribution in [-0.2, 0) is 22.5 Å². The summed E-state index contributed by atoms with van der Waals surface area (Å²) < 4.78 is 16.9. The highest BCUT2D eigenvalue weighted by atomic mass is 16.6. The third-order valence-electron chi connectivity index (χ3n) is 8.33. The van der Waals surface area contributed by atoms with Gasteiger partial charge in [-0.3, -0.25) is 9.69 Å². The molecule has 5 heteroatoms. The number of hydrogen-bond donors (Lipinski definition) is 0. The van der Waals surface area contributed by atoms with Gasteiger partial charge < -0.3 is 14.2 Å². The minimum atomic E-state index is -0.0575. The molecule has 2 heterocycles. The molecule has 5 atom stereocenters. The van der Waals surface area contributed by atoms with Crippen LogP contribution in [0.5, 0.6) is 11.5 Å². The summed E-state index contributed by atoms with van der Waals surface area (Å²) in [6, 6.07) is 4.19. The van der Waals surface area contributed by atoms with Crippen molar-refractivity contribution in [3.63, 3.8) is 0 Å². The molecule has 5 unspecified atom stereocenters. The van der Waals surface area contributed by atoms with Crippen molar-refractivity contribution in [2.24, 2.45) is 23.2 Å². The molecule has 31 heavy (non-hydrogen) atoms. The normalized spacial score (nSPS) is 34.8. The lowest BCUT2D eigenvalue weighted by atomic mass is 9.59. The van der Waals surface area contributed by atoms with E-state index < -0.39 is 0 Å². The minimum Gasteiger partial charge on any atom is -0.493 e. The zero-order valence-electron chi connectivity index (χ0n) is 19.3. The van der Waals surface area contributed by atoms with Gasteiger partial charge in [0, 0.05) is 25.6 Å². The second kappa shape index (κ2) is 7.84. The molecule has 1 aromatic carbocycles. The predicted octanol–water partition coefficient (Wildman–Crippen LogP) is 4.38. The summed E-state index contributed by atoms with van der Waals surface area (Å²) in [4.78, 5) is 15.3. The van der Waals surface area contributed by atoms with Crippen LogP contribution in [0.25, 0.3) is 0 Å². The highest BCUT2D eigenvalue weighted by molar-refractivity contribution is 5.76. The van der Waals surface area contributed by atoms with E-state index in [4.69, 9.17) is 14.2 Å². The molecule has 4 aliphatic rings. The molecule has 0 spiro atoms. The predicted molar refractivity (Wildman–Crippen MR) is 119 cm³/mol. The maximum Gasteiger partial charge on any atom is 0.311 e. The van der Waals surface area contributed by atoms with Crippen LogP contribution in [-0.4, -0.2) is 44.3 Å². The lowest BCUT2D eigenvalue weighted by molar-refractivity contribution is -0.145. The number of nitrogens with zero attached hydrogens (tertiary/aromatic N) is 1. The molecule has 1 aromatic rings. The number of esters is 1. The van der Waals surface area contributed by atoms with Gasteiger partial charge in [-0.25, -0.2) is 0 Å². The first kappa shape index (κ1) is 20.9. The van der Waals surface area contributed by atoms with Gasteiger partial charge in [-0.2, -0.15) is 0 Å². The van der Waals surface area contributed by atoms with E-state index in [2.05, 4.69) is 37.0 Å². The second-order valence-electron chi connectivity index (χ2n) is 10.3. The van der Waals surface area contributed by atoms with Crippen LogP contribution in [0.1, 0.15) is 50.7 Å². The van der Waals surface area contributed by atoms with Gasteiger partial charge in [0.1, 0.15) is 6.10 Å². The van der Waals surface area contributed by atoms with Gasteiger partial charge in [-0.05, 0) is 60.3 Å². The van der Waals surface area contributed by atoms with E-state index in [1.807, 2.05) is 0 Å². The quantitative estimate of drug-likeness (QED) is 0.529. The SMILES string of the molecule is COc1cc2c(cc1OC)CN(CC1C(=O)OC3CC4(C)CCCC(C)C4=CC31)CC2. The summed E-state index contributed by atoms with van der Waals surface area (Å²) in [7, 11) is 3.36. The average molecular weight is 426 g/mol. The van der Waals surface area contributed by atoms with Crippen LogP contribution in [0.2, 0.25) is 0 Å². The highest BCUT2D eigenvalue weighted by Gasteiger charge is 2.52. The van der Waals surface area contributed by atoms with Crippen molar-refractivity contribution in [3.8, 4) is 11.5 Å². The molecule has 168 valence electrons. The third-order valence-corrected chi connectivity index (χ3v) is 8.33. The largest absolute Gasteiger partial charge is 0.493 e. The standard InChI is InChI=1S/C26H35NO4/c1-16-6-5-8-26(2)13-24-19(12-21(16)26)20(25(28)31-24)15-27-9-7-17-10-22(29-3)23(30-4)11-18(17)14-27/h10-12,16,19-20,24H,5-9,13-15H2,1-4H3. The highest BCUT2D eigenvalue weighted by Crippen LogP contribution is 2.54. The molecule has 0 N–H and O–H groups in total. The number of benzene rings is 1. The first-order valence-electron chi connectivity index (χ1n) is 11.8. The molecule has 2 aliphatic heterocycles. The molecule has 2 aliphatic carbocycles. The van der Waals surface area contributed by atoms with Gasteiger partial charge in [-0.15, -0.1) is 0 Å². The van der Waals surface area contributed by atoms with Crippen molar-refractivity contribution in [1.82, 2.24) is 4.90 Å². The maximum atomic E-state index is 12.9. The summed E-state index contributed by atoms with van der Waals surface area (Å²) in [6.07, 6.45) is 8.25. The Bertz CT molecular complexity index is 909. The Hall–Kier alpha value is -2.01. The van der Waals surface area contributed by atoms with Crippen LogP contribution in [0.15, 0.2) is 23.8 Å². The van der Waals surface area contributed by atoms with E-state index in [9.17, 15) is 4.79 Å². The number of methoxy groups -OCH3 is 2. The van der Waals surface area contributed by atoms with Gasteiger partial charge in [0.15, 0.2) is 11.5 Å². The topological polar surface area (TPSA) is 48.0 Å². The summed E-state index contributed by atoms with van der Waals surface area (Å²) >= 11 is 0. The first-order valence-corrected chi connectivity index (χ1v) is 11.8. The van der Waals surface area contributed by atoms with Crippen LogP contribution in [0, 0.1) is 23.2 Å². The monoisotopic (exact) mass is 425 g/mol. The zero-order chi connectivity index (χ0) is 21.8. The van der Waals surface area contributed by atoms with Crippen LogP contribution in [0.3, 0.4) is 0 Å². The molecule has 1 saturated heterocycles. The van der Waals surface area contributed by atoms with Crippen LogP contribution < -0.4 is 9.47 Å². The molecular formula is C26H35NO4. The Morgan fingerprint density at radius 2 is 1.94 bits per heavy atom. The molecular weight excluding hydrogens is 390 g/mol. The zero-order valence-corrected chi connectivity index (χ0v) is 19.3. The van der Waals surface area contributed by atoms with Gasteiger partial charge in [0.2, 0.25) is 0 Å². The van der Waals surface area contributed by atoms with E-state index >= 15 is 0 Å². The van der Waals surface area contributed by atoms with E-state index in [0.29, 0.717) is 5.92 Å². The van der Waals surface area contributed by atoms with Crippen molar-refractivity contribution in [3.05, 3.63) is 34.9 Å². The Balaban J connectivity index is 1.35. The van der Waals surface area contributed by atoms with Crippen molar-refractivity contribution in [2.75, 3.05) is 27.3 Å². The number of allylic oxidation sites excluding steroid dienone is 1. The first-order chi connectivity index (χ1) is 14.9. The fourth-order valence-corrected chi connectivity index (χ4v) is 6.63. The molecule has 2 fully saturated rings. The Kier molecular flexibility index (Phi) is 5.28. The summed E-state index contributed by atoms with van der Waals surface area (Å²) in [6.45, 7) is 7.30. The van der Waals surface area contributed by atoms with Crippen molar-refractivity contribution < 1.29 is 19.0 Å². The van der Waals surface area contributed by atoms with Crippen molar-refractivity contribution in [2.45, 2.75) is 58.6 Å². The summed E-state index contributed by atoms with van der Waals surface area (Å²) in [5.41, 5.74) is 4.38. The Labute approximate surface area is 185 Å². The van der Waals surface area contributed by atoms with Gasteiger partial charge in [0.05, 0.1) is 20.1 Å². The minimum absolute atomic E-state index is 0.000131. The second-order valence-corrected chi connectivity index (χ2v) is 10.3. The fraction of sp³-hybridized carbons (Fsp3) is 0.654. The van der Waals surface area contributed by atoms with E-state index in [1.54, 1.807) is 19.8 Å². The fourth-order valence-electron chi connectivity index (χ4n) is 6.63. The average Bonchev–Trinajstić information content (AvgIpc) is 3.04. The number of hydrogen-bond acceptors (Lipinski definition) is 5. The molecule has 0 bridgehead atoms. The molecule has 0 aromatic heterocycles. The molecule has 0 radical (unpaired) electrons. The van der Waals surface area contributed by atoms with Crippen LogP contribution in [0.4, 0.5) is 0 Å². The van der Waals surface area contributed by atoms with E-state index in [-0.39, 0.29) is 29.3 Å². The number of rotatable bonds is 4. The number of fused-ring (bicyclic) bond motifs is 3. The maximum absolute atomic E-state index is 12.9. The van der Waals surface area contributed by atoms with Crippen molar-refractivity contribution in [1.29, 1.82) is 0 Å². The third kappa shape index (κ3) is 3.55. The van der Waals surface area contributed by atoms with Gasteiger partial charge >= 0.3 is 5.97 Å². The molecule has 0 amide bonds. The lowest BCUT2D eigenvalue weighted by Crippen LogP contribution is -2.41. The summed E-state index contributed by atoms with van der Waals surface area (Å²) in [5.74, 6) is 2.35. The van der Waals surface area contributed by atoms with E-state index in [1.165, 1.54) is 30.4 Å². The summed E-state index contributed by atoms with van der Waals surface area (Å²) in [5, 5.41) is 0. The number of carbonyl (C=O) groups excluding carboxylic acids is 1. The Morgan fingerprint density at radius 3 is 2.68 bits per heavy atom. The smallest absolute Gasteiger partial charge is 0.311 e. The number of carbonyl (C=O) groups is 1. The molecule has 1 saturated carbocycles. The molecule has 5 nitrogen and oxygen atoms in total. The molecule has 5 rings (SSSR count). The van der Waals surface area contributed by atoms with Gasteiger partial charge in [-0.1, -0.05) is 31.9 Å². The Morgan fingerprint density at radius 1 is 1.19 bits per heavy atom. The van der Waals surface area contributed by atoms with Crippen molar-refractivity contribution >= 4 is 5.97 Å². The van der Waals surface area contributed by atoms with Crippen LogP contribution >= 0.6 is 0 Å². The van der Waals surface area contributed by atoms with Gasteiger partial charge in [0.25, 0.3) is 0 Å².